The third-order valence-electron chi connectivity index (χ3n) is 3.47. The monoisotopic (exact) mass is 322 g/mol. The molecule has 1 aliphatic rings. The smallest absolute Gasteiger partial charge is 0.251 e. The SMILES string of the molecule is C[C@H](NC(=O)c1ccc(O)c(Cl)c1)c1csc(C2CC2)n1. The Hall–Kier alpha value is -1.59. The van der Waals surface area contributed by atoms with Gasteiger partial charge in [-0.25, -0.2) is 4.98 Å². The van der Waals surface area contributed by atoms with E-state index in [2.05, 4.69) is 10.3 Å². The van der Waals surface area contributed by atoms with E-state index in [9.17, 15) is 9.90 Å². The van der Waals surface area contributed by atoms with E-state index in [0.717, 1.165) is 5.69 Å². The molecule has 110 valence electrons. The van der Waals surface area contributed by atoms with Gasteiger partial charge in [0.2, 0.25) is 0 Å². The summed E-state index contributed by atoms with van der Waals surface area (Å²) in [6, 6.07) is 4.25. The fourth-order valence-corrected chi connectivity index (χ4v) is 3.28. The Bertz CT molecular complexity index is 682. The molecule has 0 radical (unpaired) electrons. The van der Waals surface area contributed by atoms with Gasteiger partial charge in [-0.15, -0.1) is 11.3 Å². The van der Waals surface area contributed by atoms with Crippen LogP contribution in [0.25, 0.3) is 0 Å². The Morgan fingerprint density at radius 3 is 2.95 bits per heavy atom. The van der Waals surface area contributed by atoms with E-state index in [0.29, 0.717) is 11.5 Å². The molecule has 21 heavy (non-hydrogen) atoms. The van der Waals surface area contributed by atoms with Gasteiger partial charge < -0.3 is 10.4 Å². The molecule has 1 aromatic carbocycles. The number of amides is 1. The van der Waals surface area contributed by atoms with E-state index in [4.69, 9.17) is 11.6 Å². The van der Waals surface area contributed by atoms with Crippen LogP contribution in [0.1, 0.15) is 52.8 Å². The number of nitrogens with one attached hydrogen (secondary N) is 1. The average Bonchev–Trinajstić information content (AvgIpc) is 3.19. The molecule has 4 nitrogen and oxygen atoms in total. The zero-order valence-corrected chi connectivity index (χ0v) is 13.0. The molecule has 1 atom stereocenters. The van der Waals surface area contributed by atoms with Gasteiger partial charge in [0.05, 0.1) is 21.8 Å². The largest absolute Gasteiger partial charge is 0.506 e. The number of phenols is 1. The van der Waals surface area contributed by atoms with Gasteiger partial charge in [-0.1, -0.05) is 11.6 Å². The number of thiazole rings is 1. The lowest BCUT2D eigenvalue weighted by Gasteiger charge is -2.12. The van der Waals surface area contributed by atoms with Gasteiger partial charge in [0.1, 0.15) is 5.75 Å². The molecule has 0 aliphatic heterocycles. The lowest BCUT2D eigenvalue weighted by atomic mass is 10.2. The molecule has 1 fully saturated rings. The maximum atomic E-state index is 12.2. The Morgan fingerprint density at radius 1 is 1.52 bits per heavy atom. The van der Waals surface area contributed by atoms with E-state index in [1.807, 2.05) is 12.3 Å². The summed E-state index contributed by atoms with van der Waals surface area (Å²) in [5.41, 5.74) is 1.31. The van der Waals surface area contributed by atoms with Crippen molar-refractivity contribution in [3.8, 4) is 5.75 Å². The Morgan fingerprint density at radius 2 is 2.29 bits per heavy atom. The topological polar surface area (TPSA) is 62.2 Å². The molecule has 3 rings (SSSR count). The Balaban J connectivity index is 1.69. The van der Waals surface area contributed by atoms with Crippen molar-refractivity contribution >= 4 is 28.8 Å². The number of rotatable bonds is 4. The summed E-state index contributed by atoms with van der Waals surface area (Å²) >= 11 is 7.48. The van der Waals surface area contributed by atoms with Crippen LogP contribution in [0.5, 0.6) is 5.75 Å². The lowest BCUT2D eigenvalue weighted by molar-refractivity contribution is 0.0939. The highest BCUT2D eigenvalue weighted by atomic mass is 35.5. The number of aromatic hydroxyl groups is 1. The van der Waals surface area contributed by atoms with E-state index in [1.54, 1.807) is 17.4 Å². The second-order valence-corrected chi connectivity index (χ2v) is 6.54. The quantitative estimate of drug-likeness (QED) is 0.898. The van der Waals surface area contributed by atoms with Gasteiger partial charge in [0.25, 0.3) is 5.91 Å². The Kier molecular flexibility index (Phi) is 3.87. The fourth-order valence-electron chi connectivity index (χ4n) is 2.02. The third-order valence-corrected chi connectivity index (χ3v) is 4.80. The summed E-state index contributed by atoms with van der Waals surface area (Å²) in [7, 11) is 0. The zero-order chi connectivity index (χ0) is 15.0. The molecule has 2 N–H and O–H groups in total. The minimum atomic E-state index is -0.231. The first-order valence-corrected chi connectivity index (χ1v) is 8.05. The number of aromatic nitrogens is 1. The Labute approximate surface area is 131 Å². The summed E-state index contributed by atoms with van der Waals surface area (Å²) in [6.45, 7) is 1.91. The number of hydrogen-bond donors (Lipinski definition) is 2. The number of phenolic OH excluding ortho intramolecular Hbond substituents is 1. The highest BCUT2D eigenvalue weighted by Gasteiger charge is 2.27. The average molecular weight is 323 g/mol. The molecule has 0 saturated heterocycles. The van der Waals surface area contributed by atoms with Gasteiger partial charge in [0, 0.05) is 16.9 Å². The highest BCUT2D eigenvalue weighted by molar-refractivity contribution is 7.09. The molecular formula is C15H15ClN2O2S. The minimum Gasteiger partial charge on any atom is -0.506 e. The fraction of sp³-hybridized carbons (Fsp3) is 0.333. The number of halogens is 1. The van der Waals surface area contributed by atoms with E-state index >= 15 is 0 Å². The number of carbonyl (C=O) groups is 1. The van der Waals surface area contributed by atoms with Crippen molar-refractivity contribution in [1.82, 2.24) is 10.3 Å². The van der Waals surface area contributed by atoms with Crippen molar-refractivity contribution in [2.45, 2.75) is 31.7 Å². The predicted octanol–water partition coefficient (Wildman–Crippen LogP) is 3.87. The molecule has 0 unspecified atom stereocenters. The molecule has 2 aromatic rings. The molecule has 1 aromatic heterocycles. The second kappa shape index (κ2) is 5.66. The molecule has 0 spiro atoms. The van der Waals surface area contributed by atoms with Crippen LogP contribution < -0.4 is 5.32 Å². The number of carbonyl (C=O) groups excluding carboxylic acids is 1. The predicted molar refractivity (Wildman–Crippen MR) is 83.1 cm³/mol. The summed E-state index contributed by atoms with van der Waals surface area (Å²) in [4.78, 5) is 16.8. The van der Waals surface area contributed by atoms with Crippen LogP contribution in [0.3, 0.4) is 0 Å². The van der Waals surface area contributed by atoms with Crippen LogP contribution in [0.15, 0.2) is 23.6 Å². The molecular weight excluding hydrogens is 308 g/mol. The van der Waals surface area contributed by atoms with Crippen LogP contribution in [-0.2, 0) is 0 Å². The van der Waals surface area contributed by atoms with Crippen LogP contribution in [-0.4, -0.2) is 16.0 Å². The van der Waals surface area contributed by atoms with E-state index in [1.165, 1.54) is 30.0 Å². The summed E-state index contributed by atoms with van der Waals surface area (Å²) < 4.78 is 0. The molecule has 1 amide bonds. The van der Waals surface area contributed by atoms with Gasteiger partial charge in [-0.3, -0.25) is 4.79 Å². The minimum absolute atomic E-state index is 0.0326. The molecule has 6 heteroatoms. The van der Waals surface area contributed by atoms with Gasteiger partial charge >= 0.3 is 0 Å². The second-order valence-electron chi connectivity index (χ2n) is 5.25. The first-order valence-electron chi connectivity index (χ1n) is 6.79. The molecule has 1 aliphatic carbocycles. The lowest BCUT2D eigenvalue weighted by Crippen LogP contribution is -2.26. The van der Waals surface area contributed by atoms with E-state index < -0.39 is 0 Å². The molecule has 0 bridgehead atoms. The summed E-state index contributed by atoms with van der Waals surface area (Å²) in [5, 5.41) is 15.6. The van der Waals surface area contributed by atoms with Gasteiger partial charge in [-0.2, -0.15) is 0 Å². The van der Waals surface area contributed by atoms with Crippen molar-refractivity contribution in [3.63, 3.8) is 0 Å². The number of nitrogens with zero attached hydrogens (tertiary/aromatic N) is 1. The van der Waals surface area contributed by atoms with Gasteiger partial charge in [0.15, 0.2) is 0 Å². The van der Waals surface area contributed by atoms with Crippen LogP contribution in [0.4, 0.5) is 0 Å². The third kappa shape index (κ3) is 3.19. The molecule has 1 saturated carbocycles. The van der Waals surface area contributed by atoms with Crippen LogP contribution >= 0.6 is 22.9 Å². The maximum absolute atomic E-state index is 12.2. The van der Waals surface area contributed by atoms with Crippen molar-refractivity contribution in [1.29, 1.82) is 0 Å². The number of benzene rings is 1. The standard InChI is InChI=1S/C15H15ClN2O2S/c1-8(12-7-21-15(18-12)9-2-3-9)17-14(20)10-4-5-13(19)11(16)6-10/h4-9,19H,2-3H2,1H3,(H,17,20)/t8-/m0/s1. The van der Waals surface area contributed by atoms with Crippen LogP contribution in [0.2, 0.25) is 5.02 Å². The van der Waals surface area contributed by atoms with E-state index in [-0.39, 0.29) is 22.7 Å². The van der Waals surface area contributed by atoms with Crippen LogP contribution in [0, 0.1) is 0 Å². The summed E-state index contributed by atoms with van der Waals surface area (Å²) in [5.74, 6) is 0.364. The number of hydrogen-bond acceptors (Lipinski definition) is 4. The van der Waals surface area contributed by atoms with Crippen molar-refractivity contribution in [3.05, 3.63) is 44.9 Å². The molecule has 1 heterocycles. The maximum Gasteiger partial charge on any atom is 0.251 e. The summed E-state index contributed by atoms with van der Waals surface area (Å²) in [6.07, 6.45) is 2.44. The van der Waals surface area contributed by atoms with Gasteiger partial charge in [-0.05, 0) is 38.0 Å². The highest BCUT2D eigenvalue weighted by Crippen LogP contribution is 2.41. The van der Waals surface area contributed by atoms with Crippen molar-refractivity contribution in [2.75, 3.05) is 0 Å². The first kappa shape index (κ1) is 14.4. The van der Waals surface area contributed by atoms with Crippen molar-refractivity contribution < 1.29 is 9.90 Å². The normalized spacial score (nSPS) is 15.7. The zero-order valence-electron chi connectivity index (χ0n) is 11.5. The van der Waals surface area contributed by atoms with Crippen molar-refractivity contribution in [2.24, 2.45) is 0 Å². The first-order chi connectivity index (χ1) is 10.0.